The van der Waals surface area contributed by atoms with Gasteiger partial charge in [0, 0.05) is 44.2 Å². The second-order valence-electron chi connectivity index (χ2n) is 7.23. The van der Waals surface area contributed by atoms with Crippen LogP contribution in [0.5, 0.6) is 5.75 Å². The quantitative estimate of drug-likeness (QED) is 0.491. The molecule has 1 aliphatic heterocycles. The van der Waals surface area contributed by atoms with E-state index in [1.54, 1.807) is 0 Å². The molecule has 3 aromatic rings. The average molecular weight is 485 g/mol. The number of fused-ring (bicyclic) bond motifs is 1. The number of hydrogen-bond donors (Lipinski definition) is 3. The number of morpholine rings is 1. The van der Waals surface area contributed by atoms with Crippen LogP contribution < -0.4 is 15.4 Å². The van der Waals surface area contributed by atoms with E-state index >= 15 is 0 Å². The van der Waals surface area contributed by atoms with Gasteiger partial charge in [0.05, 0.1) is 41.9 Å². The molecule has 3 heterocycles. The Hall–Kier alpha value is -3.03. The van der Waals surface area contributed by atoms with Crippen LogP contribution in [0.4, 0.5) is 30.4 Å². The summed E-state index contributed by atoms with van der Waals surface area (Å²) >= 11 is 0. The summed E-state index contributed by atoms with van der Waals surface area (Å²) in [6.07, 6.45) is -3.67. The van der Waals surface area contributed by atoms with Crippen LogP contribution in [0.25, 0.3) is 11.0 Å². The fourth-order valence-corrected chi connectivity index (χ4v) is 5.05. The van der Waals surface area contributed by atoms with Crippen LogP contribution in [0.15, 0.2) is 35.4 Å². The van der Waals surface area contributed by atoms with Crippen molar-refractivity contribution in [2.75, 3.05) is 51.1 Å². The highest BCUT2D eigenvalue weighted by Crippen LogP contribution is 2.39. The molecule has 2 aromatic heterocycles. The maximum atomic E-state index is 13.3. The van der Waals surface area contributed by atoms with Gasteiger partial charge >= 0.3 is 6.18 Å². The van der Waals surface area contributed by atoms with Gasteiger partial charge in [-0.2, -0.15) is 17.5 Å². The molecule has 1 saturated heterocycles. The molecule has 13 heteroatoms. The van der Waals surface area contributed by atoms with Gasteiger partial charge in [-0.3, -0.25) is 0 Å². The molecule has 9 nitrogen and oxygen atoms in total. The number of H-pyrrole nitrogens is 1. The van der Waals surface area contributed by atoms with Crippen LogP contribution in [0.2, 0.25) is 0 Å². The van der Waals surface area contributed by atoms with Crippen molar-refractivity contribution in [2.45, 2.75) is 11.1 Å². The third-order valence-electron chi connectivity index (χ3n) is 5.26. The lowest BCUT2D eigenvalue weighted by atomic mass is 10.1. The molecule has 0 spiro atoms. The van der Waals surface area contributed by atoms with Gasteiger partial charge in [0.25, 0.3) is 0 Å². The lowest BCUT2D eigenvalue weighted by Crippen LogP contribution is -2.40. The zero-order chi connectivity index (χ0) is 23.8. The van der Waals surface area contributed by atoms with Crippen LogP contribution in [0.1, 0.15) is 5.56 Å². The summed E-state index contributed by atoms with van der Waals surface area (Å²) < 4.78 is 77.7. The van der Waals surface area contributed by atoms with E-state index in [-0.39, 0.29) is 46.3 Å². The fourth-order valence-electron chi connectivity index (χ4n) is 3.63. The largest absolute Gasteiger partial charge is 0.495 e. The third-order valence-corrected chi connectivity index (χ3v) is 7.15. The van der Waals surface area contributed by atoms with Gasteiger partial charge in [0.2, 0.25) is 10.0 Å². The summed E-state index contributed by atoms with van der Waals surface area (Å²) in [4.78, 5) is 6.84. The first-order valence-corrected chi connectivity index (χ1v) is 11.4. The van der Waals surface area contributed by atoms with Crippen LogP contribution in [0, 0.1) is 0 Å². The van der Waals surface area contributed by atoms with Gasteiger partial charge in [-0.15, -0.1) is 0 Å². The number of pyridine rings is 1. The van der Waals surface area contributed by atoms with Crippen molar-refractivity contribution >= 4 is 38.2 Å². The number of rotatable bonds is 6. The molecule has 0 saturated carbocycles. The Labute approximate surface area is 187 Å². The Kier molecular flexibility index (Phi) is 6.12. The number of aromatic amines is 1. The number of hydrogen-bond acceptors (Lipinski definition) is 7. The standard InChI is InChI=1S/C20H22F3N5O4S/c1-24-15-10-17(27-19-18(15)13(11-25-19)20(21,22)23)26-14-4-3-12(9-16(14)31-2)33(29,30)28-5-7-32-8-6-28/h3-4,9-11H,5-8H2,1-2H3,(H3,24,25,26,27). The van der Waals surface area contributed by atoms with E-state index in [0.717, 1.165) is 6.20 Å². The van der Waals surface area contributed by atoms with E-state index in [9.17, 15) is 21.6 Å². The molecule has 0 aliphatic carbocycles. The molecule has 4 rings (SSSR count). The number of nitrogens with zero attached hydrogens (tertiary/aromatic N) is 2. The van der Waals surface area contributed by atoms with Crippen molar-refractivity contribution in [3.8, 4) is 5.75 Å². The molecule has 0 bridgehead atoms. The molecular weight excluding hydrogens is 463 g/mol. The molecular formula is C20H22F3N5O4S. The van der Waals surface area contributed by atoms with Gasteiger partial charge in [-0.1, -0.05) is 0 Å². The van der Waals surface area contributed by atoms with Crippen molar-refractivity contribution in [1.82, 2.24) is 14.3 Å². The lowest BCUT2D eigenvalue weighted by Gasteiger charge is -2.26. The number of halogens is 3. The normalized spacial score (nSPS) is 15.5. The monoisotopic (exact) mass is 485 g/mol. The Morgan fingerprint density at radius 1 is 1.18 bits per heavy atom. The van der Waals surface area contributed by atoms with Crippen LogP contribution in [-0.2, 0) is 20.9 Å². The number of methoxy groups -OCH3 is 1. The van der Waals surface area contributed by atoms with Crippen molar-refractivity contribution in [3.63, 3.8) is 0 Å². The molecule has 178 valence electrons. The van der Waals surface area contributed by atoms with E-state index in [0.29, 0.717) is 18.9 Å². The second-order valence-corrected chi connectivity index (χ2v) is 9.17. The minimum absolute atomic E-state index is 0.0437. The zero-order valence-electron chi connectivity index (χ0n) is 17.8. The summed E-state index contributed by atoms with van der Waals surface area (Å²) in [5.41, 5.74) is -0.158. The molecule has 0 atom stereocenters. The van der Waals surface area contributed by atoms with Gasteiger partial charge in [0.15, 0.2) is 0 Å². The molecule has 0 amide bonds. The molecule has 33 heavy (non-hydrogen) atoms. The SMILES string of the molecule is CNc1cc(Nc2ccc(S(=O)(=O)N3CCOCC3)cc2OC)nc2[nH]cc(C(F)(F)F)c12. The first-order chi connectivity index (χ1) is 15.6. The second kappa shape index (κ2) is 8.72. The number of aromatic nitrogens is 2. The molecule has 1 aliphatic rings. The Morgan fingerprint density at radius 3 is 2.55 bits per heavy atom. The summed E-state index contributed by atoms with van der Waals surface area (Å²) in [7, 11) is -0.824. The molecule has 3 N–H and O–H groups in total. The number of anilines is 3. The Bertz CT molecular complexity index is 1270. The van der Waals surface area contributed by atoms with E-state index in [1.165, 1.54) is 42.7 Å². The number of benzene rings is 1. The summed E-state index contributed by atoms with van der Waals surface area (Å²) in [6, 6.07) is 5.78. The fraction of sp³-hybridized carbons (Fsp3) is 0.350. The highest BCUT2D eigenvalue weighted by atomic mass is 32.2. The van der Waals surface area contributed by atoms with Crippen molar-refractivity contribution < 1.29 is 31.1 Å². The van der Waals surface area contributed by atoms with Gasteiger partial charge in [-0.25, -0.2) is 13.4 Å². The van der Waals surface area contributed by atoms with Crippen molar-refractivity contribution in [1.29, 1.82) is 0 Å². The van der Waals surface area contributed by atoms with E-state index in [1.807, 2.05) is 0 Å². The van der Waals surface area contributed by atoms with Crippen LogP contribution in [0.3, 0.4) is 0 Å². The van der Waals surface area contributed by atoms with Gasteiger partial charge in [0.1, 0.15) is 17.2 Å². The third kappa shape index (κ3) is 4.43. The average Bonchev–Trinajstić information content (AvgIpc) is 3.24. The van der Waals surface area contributed by atoms with E-state index in [2.05, 4.69) is 20.6 Å². The molecule has 1 aromatic carbocycles. The lowest BCUT2D eigenvalue weighted by molar-refractivity contribution is -0.136. The first-order valence-electron chi connectivity index (χ1n) is 9.95. The Morgan fingerprint density at radius 2 is 1.91 bits per heavy atom. The zero-order valence-corrected chi connectivity index (χ0v) is 18.6. The minimum atomic E-state index is -4.54. The highest BCUT2D eigenvalue weighted by Gasteiger charge is 2.35. The predicted octanol–water partition coefficient (Wildman–Crippen LogP) is 3.40. The number of nitrogens with one attached hydrogen (secondary N) is 3. The van der Waals surface area contributed by atoms with E-state index in [4.69, 9.17) is 9.47 Å². The topological polar surface area (TPSA) is 109 Å². The predicted molar refractivity (Wildman–Crippen MR) is 116 cm³/mol. The summed E-state index contributed by atoms with van der Waals surface area (Å²) in [5, 5.41) is 5.68. The molecule has 0 unspecified atom stereocenters. The smallest absolute Gasteiger partial charge is 0.418 e. The van der Waals surface area contributed by atoms with Gasteiger partial charge < -0.3 is 25.1 Å². The molecule has 0 radical (unpaired) electrons. The van der Waals surface area contributed by atoms with Gasteiger partial charge in [-0.05, 0) is 12.1 Å². The first kappa shape index (κ1) is 23.1. The number of sulfonamides is 1. The number of ether oxygens (including phenoxy) is 2. The Balaban J connectivity index is 1.68. The summed E-state index contributed by atoms with van der Waals surface area (Å²) in [6.45, 7) is 1.17. The summed E-state index contributed by atoms with van der Waals surface area (Å²) in [5.74, 6) is 0.476. The number of alkyl halides is 3. The van der Waals surface area contributed by atoms with Crippen LogP contribution >= 0.6 is 0 Å². The van der Waals surface area contributed by atoms with Crippen molar-refractivity contribution in [2.24, 2.45) is 0 Å². The minimum Gasteiger partial charge on any atom is -0.495 e. The maximum Gasteiger partial charge on any atom is 0.418 e. The maximum absolute atomic E-state index is 13.3. The highest BCUT2D eigenvalue weighted by molar-refractivity contribution is 7.89. The van der Waals surface area contributed by atoms with Crippen LogP contribution in [-0.4, -0.2) is 63.2 Å². The van der Waals surface area contributed by atoms with Crippen molar-refractivity contribution in [3.05, 3.63) is 36.0 Å². The van der Waals surface area contributed by atoms with E-state index < -0.39 is 21.8 Å². The molecule has 1 fully saturated rings.